The van der Waals surface area contributed by atoms with Gasteiger partial charge in [0, 0.05) is 28.6 Å². The fraction of sp³-hybridized carbons (Fsp3) is 0.200. The van der Waals surface area contributed by atoms with Crippen LogP contribution >= 0.6 is 0 Å². The maximum Gasteiger partial charge on any atom is 0.336 e. The number of hydrogen-bond acceptors (Lipinski definition) is 7. The Balaban J connectivity index is 1.94. The van der Waals surface area contributed by atoms with Crippen molar-refractivity contribution in [3.8, 4) is 11.5 Å². The minimum absolute atomic E-state index is 0.0151. The molecule has 1 atom stereocenters. The maximum absolute atomic E-state index is 13.1. The lowest BCUT2D eigenvalue weighted by molar-refractivity contribution is -0.135. The molecule has 0 amide bonds. The number of aromatic hydroxyl groups is 1. The Morgan fingerprint density at radius 1 is 1.12 bits per heavy atom. The van der Waals surface area contributed by atoms with Crippen molar-refractivity contribution in [2.75, 3.05) is 0 Å². The third-order valence-corrected chi connectivity index (χ3v) is 6.04. The van der Waals surface area contributed by atoms with Gasteiger partial charge in [0.25, 0.3) is 5.56 Å². The summed E-state index contributed by atoms with van der Waals surface area (Å²) in [5.41, 5.74) is 1.19. The average molecular weight is 445 g/mol. The number of aromatic nitrogens is 1. The summed E-state index contributed by atoms with van der Waals surface area (Å²) in [4.78, 5) is 53.2. The number of aromatic amines is 1. The van der Waals surface area contributed by atoms with Gasteiger partial charge >= 0.3 is 11.6 Å². The average Bonchev–Trinajstić information content (AvgIpc) is 2.72. The summed E-state index contributed by atoms with van der Waals surface area (Å²) in [6.45, 7) is 4.76. The van der Waals surface area contributed by atoms with E-state index in [1.807, 2.05) is 19.1 Å². The van der Waals surface area contributed by atoms with E-state index in [-0.39, 0.29) is 39.8 Å². The van der Waals surface area contributed by atoms with Gasteiger partial charge in [0.2, 0.25) is 0 Å². The second kappa shape index (κ2) is 7.16. The van der Waals surface area contributed by atoms with Crippen molar-refractivity contribution in [2.45, 2.75) is 33.1 Å². The minimum Gasteiger partial charge on any atom is -0.506 e. The van der Waals surface area contributed by atoms with Gasteiger partial charge in [0.05, 0.1) is 11.8 Å². The van der Waals surface area contributed by atoms with Crippen molar-refractivity contribution < 1.29 is 23.8 Å². The summed E-state index contributed by atoms with van der Waals surface area (Å²) >= 11 is 0. The molecule has 0 radical (unpaired) electrons. The van der Waals surface area contributed by atoms with Crippen LogP contribution in [0.2, 0.25) is 0 Å². The number of carbonyl (C=O) groups is 2. The molecule has 3 heterocycles. The molecule has 5 rings (SSSR count). The largest absolute Gasteiger partial charge is 0.506 e. The Labute approximate surface area is 186 Å². The number of ether oxygens (including phenoxy) is 1. The Morgan fingerprint density at radius 3 is 2.61 bits per heavy atom. The number of aryl methyl sites for hydroxylation is 2. The van der Waals surface area contributed by atoms with Crippen molar-refractivity contribution >= 4 is 33.6 Å². The highest BCUT2D eigenvalue weighted by Gasteiger charge is 2.38. The Hall–Kier alpha value is -4.20. The molecule has 0 aliphatic carbocycles. The first-order valence-electron chi connectivity index (χ1n) is 10.3. The van der Waals surface area contributed by atoms with Gasteiger partial charge in [0.1, 0.15) is 16.9 Å². The number of benzene rings is 2. The molecule has 33 heavy (non-hydrogen) atoms. The van der Waals surface area contributed by atoms with E-state index in [9.17, 15) is 24.3 Å². The van der Waals surface area contributed by atoms with Crippen LogP contribution in [0.4, 0.5) is 0 Å². The van der Waals surface area contributed by atoms with Gasteiger partial charge in [-0.05, 0) is 49.9 Å². The highest BCUT2D eigenvalue weighted by atomic mass is 16.5. The number of pyridine rings is 1. The summed E-state index contributed by atoms with van der Waals surface area (Å²) in [5, 5.41) is 11.8. The van der Waals surface area contributed by atoms with Crippen LogP contribution in [0, 0.1) is 13.8 Å². The number of ketones is 1. The van der Waals surface area contributed by atoms with E-state index in [1.54, 1.807) is 19.1 Å². The third-order valence-electron chi connectivity index (χ3n) is 6.04. The first-order valence-corrected chi connectivity index (χ1v) is 10.3. The van der Waals surface area contributed by atoms with Gasteiger partial charge in [-0.25, -0.2) is 4.79 Å². The number of Topliss-reactive ketones (excluding diaryl/α,β-unsaturated/α-hetero) is 1. The van der Waals surface area contributed by atoms with Crippen molar-refractivity contribution in [3.63, 3.8) is 0 Å². The molecule has 8 heteroatoms. The number of rotatable bonds is 2. The van der Waals surface area contributed by atoms with Crippen molar-refractivity contribution in [1.82, 2.24) is 4.98 Å². The lowest BCUT2D eigenvalue weighted by atomic mass is 9.83. The highest BCUT2D eigenvalue weighted by Crippen LogP contribution is 2.49. The fourth-order valence-corrected chi connectivity index (χ4v) is 4.60. The Kier molecular flexibility index (Phi) is 4.49. The maximum atomic E-state index is 13.1. The zero-order valence-electron chi connectivity index (χ0n) is 18.1. The van der Waals surface area contributed by atoms with Crippen LogP contribution in [0.15, 0.2) is 44.3 Å². The molecular formula is C25H19NO7. The molecule has 0 saturated carbocycles. The Bertz CT molecular complexity index is 1640. The molecule has 2 aromatic heterocycles. The van der Waals surface area contributed by atoms with E-state index in [0.717, 1.165) is 10.9 Å². The minimum atomic E-state index is -0.860. The molecular weight excluding hydrogens is 426 g/mol. The second-order valence-electron chi connectivity index (χ2n) is 8.35. The van der Waals surface area contributed by atoms with E-state index < -0.39 is 34.6 Å². The molecule has 2 N–H and O–H groups in total. The van der Waals surface area contributed by atoms with Crippen molar-refractivity contribution in [1.29, 1.82) is 0 Å². The normalized spacial score (nSPS) is 15.5. The van der Waals surface area contributed by atoms with Gasteiger partial charge in [-0.3, -0.25) is 14.4 Å². The third kappa shape index (κ3) is 3.14. The first kappa shape index (κ1) is 20.7. The molecule has 0 saturated heterocycles. The van der Waals surface area contributed by atoms with E-state index in [1.165, 1.54) is 13.0 Å². The molecule has 2 aromatic carbocycles. The number of carbonyl (C=O) groups excluding carboxylic acids is 2. The van der Waals surface area contributed by atoms with Crippen LogP contribution in [0.3, 0.4) is 0 Å². The number of phenolic OH excluding ortho intramolecular Hbond substituents is 1. The SMILES string of the molecule is CC(=O)c1c2c(c3oc(=O)cc(C)c3c1O)[C@H](c1cc3cc(C)ccc3[nH]c1=O)CC(=O)O2. The molecule has 1 aliphatic heterocycles. The van der Waals surface area contributed by atoms with E-state index in [0.29, 0.717) is 11.1 Å². The highest BCUT2D eigenvalue weighted by molar-refractivity contribution is 6.09. The number of phenols is 1. The summed E-state index contributed by atoms with van der Waals surface area (Å²) in [7, 11) is 0. The summed E-state index contributed by atoms with van der Waals surface area (Å²) in [6, 6.07) is 8.46. The number of H-pyrrole nitrogens is 1. The van der Waals surface area contributed by atoms with Crippen molar-refractivity contribution in [2.24, 2.45) is 0 Å². The number of hydrogen-bond donors (Lipinski definition) is 2. The number of nitrogens with one attached hydrogen (secondary N) is 1. The zero-order valence-corrected chi connectivity index (χ0v) is 18.1. The molecule has 8 nitrogen and oxygen atoms in total. The monoisotopic (exact) mass is 445 g/mol. The van der Waals surface area contributed by atoms with E-state index in [4.69, 9.17) is 9.15 Å². The van der Waals surface area contributed by atoms with Gasteiger partial charge < -0.3 is 19.2 Å². The van der Waals surface area contributed by atoms with E-state index >= 15 is 0 Å². The summed E-state index contributed by atoms with van der Waals surface area (Å²) in [5.74, 6) is -2.69. The predicted molar refractivity (Wildman–Crippen MR) is 120 cm³/mol. The zero-order chi connectivity index (χ0) is 23.6. The second-order valence-corrected chi connectivity index (χ2v) is 8.35. The van der Waals surface area contributed by atoms with Gasteiger partial charge in [-0.15, -0.1) is 0 Å². The molecule has 1 aliphatic rings. The van der Waals surface area contributed by atoms with E-state index in [2.05, 4.69) is 4.98 Å². The smallest absolute Gasteiger partial charge is 0.336 e. The molecule has 166 valence electrons. The van der Waals surface area contributed by atoms with Crippen LogP contribution in [-0.2, 0) is 4.79 Å². The van der Waals surface area contributed by atoms with Gasteiger partial charge in [-0.1, -0.05) is 11.6 Å². The fourth-order valence-electron chi connectivity index (χ4n) is 4.60. The molecule has 4 aromatic rings. The quantitative estimate of drug-likeness (QED) is 0.209. The van der Waals surface area contributed by atoms with Crippen LogP contribution in [0.5, 0.6) is 11.5 Å². The van der Waals surface area contributed by atoms with Crippen LogP contribution < -0.4 is 15.9 Å². The predicted octanol–water partition coefficient (Wildman–Crippen LogP) is 3.60. The lowest BCUT2D eigenvalue weighted by Crippen LogP contribution is -2.27. The lowest BCUT2D eigenvalue weighted by Gasteiger charge is -2.27. The molecule has 0 bridgehead atoms. The molecule has 0 fully saturated rings. The van der Waals surface area contributed by atoms with Gasteiger partial charge in [0.15, 0.2) is 11.5 Å². The van der Waals surface area contributed by atoms with Crippen molar-refractivity contribution in [3.05, 3.63) is 78.9 Å². The van der Waals surface area contributed by atoms with Crippen LogP contribution in [-0.4, -0.2) is 21.8 Å². The summed E-state index contributed by atoms with van der Waals surface area (Å²) in [6.07, 6.45) is -0.206. The van der Waals surface area contributed by atoms with Crippen LogP contribution in [0.1, 0.15) is 51.9 Å². The number of esters is 1. The molecule has 0 spiro atoms. The number of fused-ring (bicyclic) bond motifs is 4. The molecule has 0 unspecified atom stereocenters. The van der Waals surface area contributed by atoms with Gasteiger partial charge in [-0.2, -0.15) is 0 Å². The Morgan fingerprint density at radius 2 is 1.88 bits per heavy atom. The first-order chi connectivity index (χ1) is 15.7. The standard InChI is InChI=1S/C25H19NO7/c1-10-4-5-16-13(6-10)8-15(25(31)26-16)14-9-18(29)33-24-20(12(3)27)22(30)19-11(2)7-17(28)32-23(19)21(14)24/h4-8,14,30H,9H2,1-3H3,(H,26,31)/t14-/m0/s1. The topological polar surface area (TPSA) is 127 Å². The van der Waals surface area contributed by atoms with Crippen LogP contribution in [0.25, 0.3) is 21.9 Å². The summed E-state index contributed by atoms with van der Waals surface area (Å²) < 4.78 is 10.9.